The Labute approximate surface area is 168 Å². The highest BCUT2D eigenvalue weighted by atomic mass is 127. The lowest BCUT2D eigenvalue weighted by Gasteiger charge is -2.14. The third-order valence-corrected chi connectivity index (χ3v) is 4.35. The van der Waals surface area contributed by atoms with Gasteiger partial charge in [0.2, 0.25) is 5.91 Å². The first-order valence-corrected chi connectivity index (χ1v) is 8.45. The Morgan fingerprint density at radius 1 is 1.36 bits per heavy atom. The molecule has 2 rings (SSSR count). The van der Waals surface area contributed by atoms with Gasteiger partial charge in [-0.25, -0.2) is 4.99 Å². The van der Waals surface area contributed by atoms with Crippen LogP contribution in [0.4, 0.5) is 0 Å². The van der Waals surface area contributed by atoms with Gasteiger partial charge in [0, 0.05) is 26.0 Å². The Bertz CT molecular complexity index is 697. The molecule has 0 atom stereocenters. The lowest BCUT2D eigenvalue weighted by molar-refractivity contribution is -0.127. The molecule has 0 aromatic carbocycles. The number of rotatable bonds is 6. The van der Waals surface area contributed by atoms with Crippen LogP contribution in [-0.2, 0) is 24.9 Å². The minimum atomic E-state index is -0.0184. The first-order chi connectivity index (χ1) is 11.5. The van der Waals surface area contributed by atoms with E-state index in [-0.39, 0.29) is 36.4 Å². The molecule has 0 radical (unpaired) electrons. The van der Waals surface area contributed by atoms with E-state index in [0.717, 1.165) is 11.6 Å². The number of nitrogens with one attached hydrogen (secondary N) is 2. The van der Waals surface area contributed by atoms with E-state index >= 15 is 0 Å². The molecular weight excluding hydrogens is 453 g/mol. The summed E-state index contributed by atoms with van der Waals surface area (Å²) in [5.41, 5.74) is 0. The molecule has 0 spiro atoms. The van der Waals surface area contributed by atoms with Crippen LogP contribution in [0.15, 0.2) is 22.5 Å². The Hall–Kier alpha value is -1.69. The van der Waals surface area contributed by atoms with Crippen molar-refractivity contribution in [1.29, 1.82) is 0 Å². The summed E-state index contributed by atoms with van der Waals surface area (Å²) in [6.07, 6.45) is 0. The summed E-state index contributed by atoms with van der Waals surface area (Å²) in [5.74, 6) is 2.15. The molecule has 2 N–H and O–H groups in total. The van der Waals surface area contributed by atoms with Gasteiger partial charge < -0.3 is 20.1 Å². The van der Waals surface area contributed by atoms with Gasteiger partial charge in [-0.2, -0.15) is 0 Å². The Kier molecular flexibility index (Phi) is 8.83. The van der Waals surface area contributed by atoms with Gasteiger partial charge in [0.05, 0.1) is 13.1 Å². The van der Waals surface area contributed by atoms with Crippen molar-refractivity contribution in [3.63, 3.8) is 0 Å². The molecule has 0 bridgehead atoms. The summed E-state index contributed by atoms with van der Waals surface area (Å²) in [6, 6.07) is 4.05. The number of thiophene rings is 1. The largest absolute Gasteiger partial charge is 0.351 e. The molecule has 2 aromatic heterocycles. The van der Waals surface area contributed by atoms with Crippen LogP contribution in [0.1, 0.15) is 16.5 Å². The van der Waals surface area contributed by atoms with Gasteiger partial charge in [-0.3, -0.25) is 4.79 Å². The van der Waals surface area contributed by atoms with E-state index in [1.165, 1.54) is 9.78 Å². The molecule has 0 saturated heterocycles. The molecule has 0 unspecified atom stereocenters. The number of halogens is 1. The highest BCUT2D eigenvalue weighted by Gasteiger charge is 2.08. The highest BCUT2D eigenvalue weighted by Crippen LogP contribution is 2.07. The molecule has 8 nitrogen and oxygen atoms in total. The van der Waals surface area contributed by atoms with E-state index < -0.39 is 0 Å². The van der Waals surface area contributed by atoms with Crippen molar-refractivity contribution in [1.82, 2.24) is 30.3 Å². The minimum Gasteiger partial charge on any atom is -0.351 e. The number of amides is 1. The van der Waals surface area contributed by atoms with Crippen LogP contribution in [0.25, 0.3) is 0 Å². The van der Waals surface area contributed by atoms with Crippen molar-refractivity contribution in [2.24, 2.45) is 12.0 Å². The lowest BCUT2D eigenvalue weighted by Crippen LogP contribution is -2.42. The average molecular weight is 477 g/mol. The van der Waals surface area contributed by atoms with Crippen LogP contribution < -0.4 is 10.6 Å². The second kappa shape index (κ2) is 10.3. The second-order valence-corrected chi connectivity index (χ2v) is 6.49. The zero-order valence-electron chi connectivity index (χ0n) is 14.8. The van der Waals surface area contributed by atoms with Gasteiger partial charge in [0.25, 0.3) is 0 Å². The number of aryl methyl sites for hydroxylation is 1. The van der Waals surface area contributed by atoms with Crippen molar-refractivity contribution >= 4 is 47.2 Å². The number of guanidine groups is 1. The monoisotopic (exact) mass is 477 g/mol. The molecule has 0 saturated carbocycles. The molecule has 1 amide bonds. The van der Waals surface area contributed by atoms with Crippen LogP contribution in [0.3, 0.4) is 0 Å². The van der Waals surface area contributed by atoms with Crippen molar-refractivity contribution < 1.29 is 4.79 Å². The van der Waals surface area contributed by atoms with E-state index in [1.807, 2.05) is 36.1 Å². The Morgan fingerprint density at radius 2 is 2.12 bits per heavy atom. The van der Waals surface area contributed by atoms with Gasteiger partial charge >= 0.3 is 0 Å². The zero-order valence-corrected chi connectivity index (χ0v) is 18.0. The summed E-state index contributed by atoms with van der Waals surface area (Å²) >= 11 is 1.67. The first kappa shape index (κ1) is 21.4. The minimum absolute atomic E-state index is 0. The number of aromatic nitrogens is 3. The zero-order chi connectivity index (χ0) is 17.5. The molecule has 25 heavy (non-hydrogen) atoms. The summed E-state index contributed by atoms with van der Waals surface area (Å²) in [4.78, 5) is 19.0. The van der Waals surface area contributed by atoms with E-state index in [2.05, 4.69) is 25.8 Å². The highest BCUT2D eigenvalue weighted by molar-refractivity contribution is 14.0. The fourth-order valence-electron chi connectivity index (χ4n) is 1.81. The predicted molar refractivity (Wildman–Crippen MR) is 110 cm³/mol. The predicted octanol–water partition coefficient (Wildman–Crippen LogP) is 1.13. The summed E-state index contributed by atoms with van der Waals surface area (Å²) < 4.78 is 1.89. The number of carbonyl (C=O) groups excluding carboxylic acids is 1. The summed E-state index contributed by atoms with van der Waals surface area (Å²) in [5, 5.41) is 16.4. The van der Waals surface area contributed by atoms with Gasteiger partial charge in [-0.05, 0) is 18.4 Å². The van der Waals surface area contributed by atoms with Crippen LogP contribution in [0.5, 0.6) is 0 Å². The SMILES string of the molecule is Cc1nnc(CN=C(NCC(=O)N(C)C)NCc2cccs2)n1C.I. The third-order valence-electron chi connectivity index (χ3n) is 3.48. The molecule has 0 aliphatic rings. The van der Waals surface area contributed by atoms with Gasteiger partial charge in [0.15, 0.2) is 11.8 Å². The number of hydrogen-bond acceptors (Lipinski definition) is 5. The molecule has 10 heteroatoms. The maximum absolute atomic E-state index is 11.8. The summed E-state index contributed by atoms with van der Waals surface area (Å²) in [7, 11) is 5.35. The van der Waals surface area contributed by atoms with E-state index in [1.54, 1.807) is 25.4 Å². The third kappa shape index (κ3) is 6.61. The normalized spacial score (nSPS) is 11.0. The summed E-state index contributed by atoms with van der Waals surface area (Å²) in [6.45, 7) is 3.11. The number of likely N-dealkylation sites (N-methyl/N-ethyl adjacent to an activating group) is 1. The number of aliphatic imine (C=N–C) groups is 1. The van der Waals surface area contributed by atoms with Gasteiger partial charge in [-0.1, -0.05) is 6.07 Å². The van der Waals surface area contributed by atoms with Crippen molar-refractivity contribution in [2.45, 2.75) is 20.0 Å². The molecule has 0 aliphatic carbocycles. The standard InChI is InChI=1S/C15H23N7OS.HI/c1-11-19-20-13(22(11)4)9-17-15(18-10-14(23)21(2)3)16-8-12-6-5-7-24-12;/h5-7H,8-10H2,1-4H3,(H2,16,17,18);1H. The van der Waals surface area contributed by atoms with Crippen LogP contribution in [-0.4, -0.2) is 52.2 Å². The molecule has 2 heterocycles. The van der Waals surface area contributed by atoms with E-state index in [4.69, 9.17) is 0 Å². The van der Waals surface area contributed by atoms with Crippen LogP contribution in [0, 0.1) is 6.92 Å². The number of nitrogens with zero attached hydrogens (tertiary/aromatic N) is 5. The Balaban J connectivity index is 0.00000312. The molecule has 2 aromatic rings. The smallest absolute Gasteiger partial charge is 0.241 e. The van der Waals surface area contributed by atoms with Crippen LogP contribution >= 0.6 is 35.3 Å². The average Bonchev–Trinajstić information content (AvgIpc) is 3.18. The number of carbonyl (C=O) groups is 1. The fourth-order valence-corrected chi connectivity index (χ4v) is 2.46. The van der Waals surface area contributed by atoms with Crippen LogP contribution in [0.2, 0.25) is 0 Å². The maximum atomic E-state index is 11.8. The maximum Gasteiger partial charge on any atom is 0.241 e. The molecule has 138 valence electrons. The Morgan fingerprint density at radius 3 is 2.68 bits per heavy atom. The van der Waals surface area contributed by atoms with Crippen molar-refractivity contribution in [2.75, 3.05) is 20.6 Å². The fraction of sp³-hybridized carbons (Fsp3) is 0.467. The molecular formula is C15H24IN7OS. The van der Waals surface area contributed by atoms with E-state index in [9.17, 15) is 4.79 Å². The second-order valence-electron chi connectivity index (χ2n) is 5.46. The van der Waals surface area contributed by atoms with Gasteiger partial charge in [-0.15, -0.1) is 45.5 Å². The molecule has 0 aliphatic heterocycles. The van der Waals surface area contributed by atoms with Crippen molar-refractivity contribution in [3.8, 4) is 0 Å². The van der Waals surface area contributed by atoms with Crippen molar-refractivity contribution in [3.05, 3.63) is 34.0 Å². The van der Waals surface area contributed by atoms with Gasteiger partial charge in [0.1, 0.15) is 12.4 Å². The lowest BCUT2D eigenvalue weighted by atomic mass is 10.4. The first-order valence-electron chi connectivity index (χ1n) is 7.57. The topological polar surface area (TPSA) is 87.4 Å². The van der Waals surface area contributed by atoms with E-state index in [0.29, 0.717) is 19.0 Å². The quantitative estimate of drug-likeness (QED) is 0.370. The molecule has 0 fully saturated rings. The number of hydrogen-bond donors (Lipinski definition) is 2.